The molecule has 1 aromatic heterocycles. The third kappa shape index (κ3) is 4.34. The van der Waals surface area contributed by atoms with Gasteiger partial charge in [-0.15, -0.1) is 13.2 Å². The number of benzene rings is 1. The number of aliphatic imine (C=N–C) groups is 2. The maximum Gasteiger partial charge on any atom is 0.573 e. The van der Waals surface area contributed by atoms with Gasteiger partial charge in [0.1, 0.15) is 11.6 Å². The molecular formula is C15H16F3N5O. The van der Waals surface area contributed by atoms with Crippen LogP contribution in [0.4, 0.5) is 24.7 Å². The quantitative estimate of drug-likeness (QED) is 0.668. The Morgan fingerprint density at radius 3 is 2.50 bits per heavy atom. The number of nitrogens with one attached hydrogen (secondary N) is 1. The number of hydrogen-bond donors (Lipinski definition) is 1. The molecule has 2 aromatic rings. The Labute approximate surface area is 136 Å². The summed E-state index contributed by atoms with van der Waals surface area (Å²) in [7, 11) is 1.58. The highest BCUT2D eigenvalue weighted by atomic mass is 19.4. The summed E-state index contributed by atoms with van der Waals surface area (Å²) in [4.78, 5) is 8.00. The smallest absolute Gasteiger partial charge is 0.406 e. The van der Waals surface area contributed by atoms with E-state index in [4.69, 9.17) is 0 Å². The van der Waals surface area contributed by atoms with E-state index in [2.05, 4.69) is 31.9 Å². The van der Waals surface area contributed by atoms with Crippen LogP contribution in [0.2, 0.25) is 0 Å². The third-order valence-electron chi connectivity index (χ3n) is 3.05. The molecule has 0 aliphatic rings. The topological polar surface area (TPSA) is 63.8 Å². The lowest BCUT2D eigenvalue weighted by Gasteiger charge is -2.11. The molecule has 6 nitrogen and oxygen atoms in total. The number of aryl methyl sites for hydroxylation is 1. The Balaban J connectivity index is 2.19. The van der Waals surface area contributed by atoms with Crippen LogP contribution in [0.15, 0.2) is 40.4 Å². The van der Waals surface area contributed by atoms with Crippen molar-refractivity contribution in [1.29, 1.82) is 0 Å². The second-order valence-corrected chi connectivity index (χ2v) is 4.65. The molecule has 0 spiro atoms. The van der Waals surface area contributed by atoms with Crippen LogP contribution in [-0.2, 0) is 6.54 Å². The Hall–Kier alpha value is -2.84. The standard InChI is InChI=1S/C15H16F3N5O/c1-4-23-9-12(14(20-3)22-23)13(19-2)21-10-5-7-11(8-6-10)24-15(16,17)18/h5-9H,3-4H2,1-2H3,(H,19,21). The summed E-state index contributed by atoms with van der Waals surface area (Å²) >= 11 is 0. The molecule has 0 aliphatic carbocycles. The molecule has 0 atom stereocenters. The van der Waals surface area contributed by atoms with E-state index in [9.17, 15) is 13.2 Å². The van der Waals surface area contributed by atoms with Gasteiger partial charge in [-0.25, -0.2) is 4.99 Å². The minimum Gasteiger partial charge on any atom is -0.406 e. The van der Waals surface area contributed by atoms with Crippen molar-refractivity contribution in [1.82, 2.24) is 9.78 Å². The molecule has 0 fully saturated rings. The SMILES string of the molecule is C=Nc1nn(CC)cc1C(=NC)Nc1ccc(OC(F)(F)F)cc1. The lowest BCUT2D eigenvalue weighted by Crippen LogP contribution is -2.17. The number of hydrogen-bond acceptors (Lipinski definition) is 4. The van der Waals surface area contributed by atoms with E-state index in [0.717, 1.165) is 0 Å². The van der Waals surface area contributed by atoms with Gasteiger partial charge in [-0.05, 0) is 37.9 Å². The number of alkyl halides is 3. The monoisotopic (exact) mass is 339 g/mol. The summed E-state index contributed by atoms with van der Waals surface area (Å²) in [6, 6.07) is 5.34. The maximum atomic E-state index is 12.2. The first kappa shape index (κ1) is 17.5. The molecule has 0 saturated carbocycles. The fourth-order valence-corrected chi connectivity index (χ4v) is 1.98. The van der Waals surface area contributed by atoms with E-state index in [1.54, 1.807) is 17.9 Å². The summed E-state index contributed by atoms with van der Waals surface area (Å²) in [5.74, 6) is 0.596. The van der Waals surface area contributed by atoms with Crippen LogP contribution in [0, 0.1) is 0 Å². The summed E-state index contributed by atoms with van der Waals surface area (Å²) in [5.41, 5.74) is 1.19. The van der Waals surface area contributed by atoms with Gasteiger partial charge < -0.3 is 10.1 Å². The molecular weight excluding hydrogens is 323 g/mol. The summed E-state index contributed by atoms with van der Waals surface area (Å²) in [6.07, 6.45) is -2.95. The molecule has 0 bridgehead atoms. The molecule has 0 saturated heterocycles. The van der Waals surface area contributed by atoms with Crippen LogP contribution < -0.4 is 10.1 Å². The minimum atomic E-state index is -4.72. The maximum absolute atomic E-state index is 12.2. The molecule has 1 aromatic carbocycles. The number of aromatic nitrogens is 2. The summed E-state index contributed by atoms with van der Waals surface area (Å²) in [6.45, 7) is 6.06. The van der Waals surface area contributed by atoms with E-state index in [1.165, 1.54) is 24.3 Å². The highest BCUT2D eigenvalue weighted by Gasteiger charge is 2.30. The number of rotatable bonds is 5. The Bertz CT molecular complexity index is 735. The van der Waals surface area contributed by atoms with Crippen molar-refractivity contribution in [2.45, 2.75) is 19.8 Å². The van der Waals surface area contributed by atoms with Gasteiger partial charge in [-0.3, -0.25) is 9.67 Å². The van der Waals surface area contributed by atoms with Crippen LogP contribution >= 0.6 is 0 Å². The lowest BCUT2D eigenvalue weighted by atomic mass is 10.2. The zero-order valence-electron chi connectivity index (χ0n) is 13.1. The van der Waals surface area contributed by atoms with Gasteiger partial charge in [0.05, 0.1) is 5.56 Å². The van der Waals surface area contributed by atoms with Crippen LogP contribution in [-0.4, -0.2) is 35.7 Å². The Morgan fingerprint density at radius 1 is 1.33 bits per heavy atom. The zero-order chi connectivity index (χ0) is 17.7. The van der Waals surface area contributed by atoms with Gasteiger partial charge in [0.2, 0.25) is 0 Å². The first-order chi connectivity index (χ1) is 11.4. The summed E-state index contributed by atoms with van der Waals surface area (Å²) in [5, 5.41) is 7.25. The molecule has 128 valence electrons. The summed E-state index contributed by atoms with van der Waals surface area (Å²) < 4.78 is 42.0. The Kier molecular flexibility index (Phi) is 5.22. The largest absolute Gasteiger partial charge is 0.573 e. The number of nitrogens with zero attached hydrogens (tertiary/aromatic N) is 4. The number of anilines is 1. The minimum absolute atomic E-state index is 0.296. The fraction of sp³-hybridized carbons (Fsp3) is 0.267. The second-order valence-electron chi connectivity index (χ2n) is 4.65. The van der Waals surface area contributed by atoms with Crippen molar-refractivity contribution < 1.29 is 17.9 Å². The molecule has 0 radical (unpaired) electrons. The molecule has 0 amide bonds. The Morgan fingerprint density at radius 2 is 2.00 bits per heavy atom. The van der Waals surface area contributed by atoms with Crippen LogP contribution in [0.5, 0.6) is 5.75 Å². The normalized spacial score (nSPS) is 12.1. The third-order valence-corrected chi connectivity index (χ3v) is 3.05. The number of halogens is 3. The van der Waals surface area contributed by atoms with E-state index in [1.807, 2.05) is 6.92 Å². The van der Waals surface area contributed by atoms with Gasteiger partial charge in [0, 0.05) is 25.5 Å². The van der Waals surface area contributed by atoms with Crippen LogP contribution in [0.25, 0.3) is 0 Å². The predicted octanol–water partition coefficient (Wildman–Crippen LogP) is 3.62. The van der Waals surface area contributed by atoms with Crippen LogP contribution in [0.3, 0.4) is 0 Å². The van der Waals surface area contributed by atoms with Crippen molar-refractivity contribution in [3.8, 4) is 5.75 Å². The molecule has 24 heavy (non-hydrogen) atoms. The van der Waals surface area contributed by atoms with E-state index < -0.39 is 6.36 Å². The van der Waals surface area contributed by atoms with Crippen molar-refractivity contribution in [2.75, 3.05) is 12.4 Å². The number of ether oxygens (including phenoxy) is 1. The van der Waals surface area contributed by atoms with E-state index in [-0.39, 0.29) is 5.75 Å². The van der Waals surface area contributed by atoms with Crippen molar-refractivity contribution in [3.05, 3.63) is 36.0 Å². The molecule has 9 heteroatoms. The highest BCUT2D eigenvalue weighted by molar-refractivity contribution is 6.10. The van der Waals surface area contributed by atoms with Crippen molar-refractivity contribution in [3.63, 3.8) is 0 Å². The van der Waals surface area contributed by atoms with E-state index >= 15 is 0 Å². The molecule has 0 aliphatic heterocycles. The van der Waals surface area contributed by atoms with Gasteiger partial charge in [-0.1, -0.05) is 0 Å². The first-order valence-electron chi connectivity index (χ1n) is 7.00. The molecule has 1 N–H and O–H groups in total. The fourth-order valence-electron chi connectivity index (χ4n) is 1.98. The zero-order valence-corrected chi connectivity index (χ0v) is 13.1. The predicted molar refractivity (Wildman–Crippen MR) is 86.3 cm³/mol. The molecule has 0 unspecified atom stereocenters. The van der Waals surface area contributed by atoms with Crippen molar-refractivity contribution >= 4 is 24.1 Å². The lowest BCUT2D eigenvalue weighted by molar-refractivity contribution is -0.274. The van der Waals surface area contributed by atoms with Gasteiger partial charge >= 0.3 is 6.36 Å². The highest BCUT2D eigenvalue weighted by Crippen LogP contribution is 2.25. The van der Waals surface area contributed by atoms with Gasteiger partial charge in [0.25, 0.3) is 0 Å². The molecule has 1 heterocycles. The van der Waals surface area contributed by atoms with Crippen molar-refractivity contribution in [2.24, 2.45) is 9.98 Å². The second kappa shape index (κ2) is 7.16. The molecule has 2 rings (SSSR count). The number of amidine groups is 1. The van der Waals surface area contributed by atoms with E-state index in [0.29, 0.717) is 29.4 Å². The van der Waals surface area contributed by atoms with Crippen LogP contribution in [0.1, 0.15) is 12.5 Å². The average molecular weight is 339 g/mol. The van der Waals surface area contributed by atoms with Gasteiger partial charge in [-0.2, -0.15) is 5.10 Å². The van der Waals surface area contributed by atoms with Gasteiger partial charge in [0.15, 0.2) is 5.82 Å². The average Bonchev–Trinajstić information content (AvgIpc) is 2.96. The first-order valence-corrected chi connectivity index (χ1v) is 7.00.